The molecule has 1 aromatic carbocycles. The van der Waals surface area contributed by atoms with Crippen LogP contribution < -0.4 is 0 Å². The van der Waals surface area contributed by atoms with Gasteiger partial charge in [-0.05, 0) is 12.8 Å². The Morgan fingerprint density at radius 3 is 2.73 bits per heavy atom. The Hall–Kier alpha value is 0.283. The Morgan fingerprint density at radius 2 is 2.13 bits per heavy atom. The number of benzene rings is 1. The molecule has 0 spiro atoms. The molecule has 0 radical (unpaired) electrons. The van der Waals surface area contributed by atoms with Crippen molar-refractivity contribution in [2.24, 2.45) is 0 Å². The summed E-state index contributed by atoms with van der Waals surface area (Å²) >= 11 is 4.25. The average molecular weight is 321 g/mol. The maximum atomic E-state index is 5.77. The summed E-state index contributed by atoms with van der Waals surface area (Å²) in [7, 11) is 0. The number of hydrogen-bond donors (Lipinski definition) is 0. The molecule has 0 N–H and O–H groups in total. The summed E-state index contributed by atoms with van der Waals surface area (Å²) in [6.07, 6.45) is 5.68. The van der Waals surface area contributed by atoms with Crippen molar-refractivity contribution in [3.8, 4) is 0 Å². The summed E-state index contributed by atoms with van der Waals surface area (Å²) in [6.45, 7) is 0.752. The Kier molecular flexibility index (Phi) is 7.51. The third-order valence-electron chi connectivity index (χ3n) is 2.56. The number of rotatable bonds is 3. The van der Waals surface area contributed by atoms with E-state index in [4.69, 9.17) is 4.74 Å². The molecule has 0 aromatic heterocycles. The van der Waals surface area contributed by atoms with E-state index in [1.54, 1.807) is 0 Å². The maximum Gasteiger partial charge on any atom is 0.0565 e. The van der Waals surface area contributed by atoms with Gasteiger partial charge in [-0.15, -0.1) is 5.56 Å². The molecule has 1 saturated carbocycles. The van der Waals surface area contributed by atoms with Gasteiger partial charge in [0.2, 0.25) is 0 Å². The van der Waals surface area contributed by atoms with Gasteiger partial charge in [0.25, 0.3) is 0 Å². The molecule has 1 nitrogen and oxygen atoms in total. The van der Waals surface area contributed by atoms with Crippen molar-refractivity contribution in [3.05, 3.63) is 35.9 Å². The molecule has 1 aliphatic rings. The first-order valence-electron chi connectivity index (χ1n) is 5.28. The Balaban J connectivity index is 0.000000531. The third kappa shape index (κ3) is 5.24. The van der Waals surface area contributed by atoms with Crippen molar-refractivity contribution in [3.63, 3.8) is 0 Å². The van der Waals surface area contributed by atoms with Crippen molar-refractivity contribution in [2.75, 3.05) is 0 Å². The Morgan fingerprint density at radius 1 is 1.40 bits per heavy atom. The molecular weight excluding hydrogens is 305 g/mol. The van der Waals surface area contributed by atoms with Crippen LogP contribution in [-0.4, -0.2) is 6.10 Å². The van der Waals surface area contributed by atoms with E-state index >= 15 is 0 Å². The van der Waals surface area contributed by atoms with Crippen molar-refractivity contribution in [2.45, 2.75) is 38.4 Å². The van der Waals surface area contributed by atoms with Crippen LogP contribution >= 0.6 is 13.6 Å². The van der Waals surface area contributed by atoms with Crippen molar-refractivity contribution < 1.29 is 21.1 Å². The van der Waals surface area contributed by atoms with E-state index in [1.807, 2.05) is 18.2 Å². The van der Waals surface area contributed by atoms with Gasteiger partial charge in [0.15, 0.2) is 0 Å². The fraction of sp³-hybridized carbons (Fsp3) is 0.500. The van der Waals surface area contributed by atoms with E-state index in [9.17, 15) is 0 Å². The zero-order valence-corrected chi connectivity index (χ0v) is 13.5. The van der Waals surface area contributed by atoms with Gasteiger partial charge < -0.3 is 4.74 Å². The predicted octanol–water partition coefficient (Wildman–Crippen LogP) is 3.79. The van der Waals surface area contributed by atoms with Crippen LogP contribution in [0.2, 0.25) is 0 Å². The van der Waals surface area contributed by atoms with Crippen LogP contribution in [0.5, 0.6) is 0 Å². The zero-order chi connectivity index (χ0) is 10.9. The van der Waals surface area contributed by atoms with Gasteiger partial charge in [0.1, 0.15) is 0 Å². The summed E-state index contributed by atoms with van der Waals surface area (Å²) in [5, 5.41) is 0. The standard InChI is InChI=1S/C12H15O.BrH.Zn/c1-2-6-11(7-3-1)10-13-12-8-4-5-9-12;;/h1-2,6-7,12H,4-5,8-10H2;1H;/q-1;;+2/p-1. The number of hydrogen-bond acceptors (Lipinski definition) is 1. The topological polar surface area (TPSA) is 9.23 Å². The first kappa shape index (κ1) is 13.3. The van der Waals surface area contributed by atoms with Crippen LogP contribution in [0.4, 0.5) is 0 Å². The summed E-state index contributed by atoms with van der Waals surface area (Å²) in [5.74, 6) is 0. The molecule has 1 fully saturated rings. The van der Waals surface area contributed by atoms with Crippen LogP contribution in [-0.2, 0) is 27.7 Å². The second-order valence-electron chi connectivity index (χ2n) is 3.63. The molecule has 0 unspecified atom stereocenters. The normalized spacial score (nSPS) is 15.9. The molecule has 0 amide bonds. The minimum absolute atomic E-state index is 0.514. The molecule has 0 saturated heterocycles. The largest absolute Gasteiger partial charge is 0.386 e. The molecule has 15 heavy (non-hydrogen) atoms. The van der Waals surface area contributed by atoms with Crippen LogP contribution in [0.3, 0.4) is 0 Å². The summed E-state index contributed by atoms with van der Waals surface area (Å²) < 4.78 is 5.77. The van der Waals surface area contributed by atoms with Crippen LogP contribution in [0.25, 0.3) is 0 Å². The predicted molar refractivity (Wildman–Crippen MR) is 61.3 cm³/mol. The van der Waals surface area contributed by atoms with Gasteiger partial charge in [-0.2, -0.15) is 30.3 Å². The van der Waals surface area contributed by atoms with Crippen molar-refractivity contribution in [1.29, 1.82) is 0 Å². The summed E-state index contributed by atoms with van der Waals surface area (Å²) in [5.41, 5.74) is 1.23. The summed E-state index contributed by atoms with van der Waals surface area (Å²) in [6, 6.07) is 11.1. The number of ether oxygens (including phenoxy) is 1. The maximum absolute atomic E-state index is 5.77. The fourth-order valence-electron chi connectivity index (χ4n) is 1.79. The van der Waals surface area contributed by atoms with Gasteiger partial charge in [0.05, 0.1) is 6.10 Å². The molecule has 1 aromatic rings. The smallest absolute Gasteiger partial charge is 0.0565 e. The minimum atomic E-state index is 0.514. The quantitative estimate of drug-likeness (QED) is 0.608. The third-order valence-corrected chi connectivity index (χ3v) is 2.56. The van der Waals surface area contributed by atoms with E-state index in [1.165, 1.54) is 47.6 Å². The molecular formula is C12H15BrOZn. The monoisotopic (exact) mass is 318 g/mol. The van der Waals surface area contributed by atoms with Gasteiger partial charge in [0, 0.05) is 6.61 Å². The molecule has 3 heteroatoms. The van der Waals surface area contributed by atoms with E-state index < -0.39 is 0 Å². The first-order valence-corrected chi connectivity index (χ1v) is 12.2. The molecule has 78 valence electrons. The molecule has 0 atom stereocenters. The van der Waals surface area contributed by atoms with Crippen molar-refractivity contribution >= 4 is 13.6 Å². The van der Waals surface area contributed by atoms with Crippen molar-refractivity contribution in [1.82, 2.24) is 0 Å². The van der Waals surface area contributed by atoms with E-state index in [0.717, 1.165) is 6.61 Å². The Labute approximate surface area is 109 Å². The van der Waals surface area contributed by atoms with Crippen LogP contribution in [0.15, 0.2) is 24.3 Å². The molecule has 1 aliphatic carbocycles. The zero-order valence-electron chi connectivity index (χ0n) is 8.92. The fourth-order valence-corrected chi connectivity index (χ4v) is 1.79. The van der Waals surface area contributed by atoms with Crippen LogP contribution in [0.1, 0.15) is 31.2 Å². The number of halogens is 1. The molecule has 2 rings (SSSR count). The van der Waals surface area contributed by atoms with Crippen LogP contribution in [0, 0.1) is 6.07 Å². The second-order valence-corrected chi connectivity index (χ2v) is 3.63. The average Bonchev–Trinajstić information content (AvgIpc) is 2.83. The molecule has 0 aliphatic heterocycles. The van der Waals surface area contributed by atoms with Gasteiger partial charge in [-0.1, -0.05) is 12.8 Å². The summed E-state index contributed by atoms with van der Waals surface area (Å²) in [4.78, 5) is 0. The van der Waals surface area contributed by atoms with E-state index in [0.29, 0.717) is 6.10 Å². The van der Waals surface area contributed by atoms with Gasteiger partial charge in [-0.25, -0.2) is 0 Å². The Bertz CT molecular complexity index is 247. The first-order chi connectivity index (χ1) is 7.45. The second kappa shape index (κ2) is 8.44. The van der Waals surface area contributed by atoms with E-state index in [-0.39, 0.29) is 0 Å². The molecule has 0 bridgehead atoms. The SMILES string of the molecule is [Zn+][Br].[c-]1cccc(COC2CCCC2)c1. The minimum Gasteiger partial charge on any atom is -0.386 e. The molecule has 0 heterocycles. The van der Waals surface area contributed by atoms with E-state index in [2.05, 4.69) is 25.8 Å². The van der Waals surface area contributed by atoms with Gasteiger partial charge >= 0.3 is 30.0 Å². The van der Waals surface area contributed by atoms with Gasteiger partial charge in [-0.3, -0.25) is 0 Å².